The first kappa shape index (κ1) is 20.3. The highest BCUT2D eigenvalue weighted by Crippen LogP contribution is 2.36. The second-order valence-corrected chi connectivity index (χ2v) is 8.75. The van der Waals surface area contributed by atoms with Crippen molar-refractivity contribution in [3.8, 4) is 6.07 Å². The first-order valence-electron chi connectivity index (χ1n) is 11.4. The molecule has 0 spiro atoms. The normalized spacial score (nSPS) is 12.9. The van der Waals surface area contributed by atoms with Gasteiger partial charge in [-0.1, -0.05) is 43.3 Å². The molecule has 0 aliphatic carbocycles. The summed E-state index contributed by atoms with van der Waals surface area (Å²) in [6.07, 6.45) is 2.87. The Balaban J connectivity index is 1.57. The average molecular weight is 421 g/mol. The summed E-state index contributed by atoms with van der Waals surface area (Å²) in [6.45, 7) is 7.64. The number of hydrogen-bond acceptors (Lipinski definition) is 3. The Morgan fingerprint density at radius 1 is 0.969 bits per heavy atom. The van der Waals surface area contributed by atoms with Crippen LogP contribution in [0.25, 0.3) is 11.0 Å². The van der Waals surface area contributed by atoms with E-state index in [0.717, 1.165) is 48.5 Å². The van der Waals surface area contributed by atoms with Gasteiger partial charge in [0.15, 0.2) is 0 Å². The van der Waals surface area contributed by atoms with Crippen LogP contribution in [0.4, 0.5) is 11.4 Å². The zero-order valence-corrected chi connectivity index (χ0v) is 19.0. The summed E-state index contributed by atoms with van der Waals surface area (Å²) in [4.78, 5) is 7.12. The number of aromatic nitrogens is 2. The zero-order valence-electron chi connectivity index (χ0n) is 19.0. The zero-order chi connectivity index (χ0) is 22.2. The molecule has 0 amide bonds. The van der Waals surface area contributed by atoms with Crippen LogP contribution in [0, 0.1) is 25.2 Å². The smallest absolute Gasteiger partial charge is 0.110 e. The Kier molecular flexibility index (Phi) is 5.19. The summed E-state index contributed by atoms with van der Waals surface area (Å²) in [6, 6.07) is 22.0. The molecule has 0 saturated heterocycles. The number of fused-ring (bicyclic) bond motifs is 3. The summed E-state index contributed by atoms with van der Waals surface area (Å²) in [7, 11) is 0. The summed E-state index contributed by atoms with van der Waals surface area (Å²) < 4.78 is 2.37. The standard InChI is InChI=1S/C28H28N4/c1-4-27-30-28-20(3)15-19(2)16-26(28)32(27)18-21-9-12-25-23(17-21)11-10-22-7-5-6-8-24(22)31(25)14-13-29/h5-9,12,15-17H,4,10-11,14,18H2,1-3H3. The summed E-state index contributed by atoms with van der Waals surface area (Å²) in [5, 5.41) is 9.49. The van der Waals surface area contributed by atoms with E-state index in [1.807, 2.05) is 0 Å². The molecule has 0 bridgehead atoms. The first-order valence-corrected chi connectivity index (χ1v) is 11.4. The van der Waals surface area contributed by atoms with E-state index in [0.29, 0.717) is 6.54 Å². The molecule has 1 aliphatic rings. The third-order valence-corrected chi connectivity index (χ3v) is 6.53. The van der Waals surface area contributed by atoms with Crippen molar-refractivity contribution in [3.63, 3.8) is 0 Å². The average Bonchev–Trinajstić information content (AvgIpc) is 3.06. The van der Waals surface area contributed by atoms with Crippen molar-refractivity contribution in [2.45, 2.75) is 46.6 Å². The lowest BCUT2D eigenvalue weighted by atomic mass is 10.0. The van der Waals surface area contributed by atoms with Crippen molar-refractivity contribution in [2.24, 2.45) is 0 Å². The molecule has 0 unspecified atom stereocenters. The predicted octanol–water partition coefficient (Wildman–Crippen LogP) is 6.02. The number of anilines is 2. The Hall–Kier alpha value is -3.58. The van der Waals surface area contributed by atoms with E-state index < -0.39 is 0 Å². The molecular weight excluding hydrogens is 392 g/mol. The maximum atomic E-state index is 9.49. The van der Waals surface area contributed by atoms with Crippen molar-refractivity contribution in [2.75, 3.05) is 11.4 Å². The fourth-order valence-electron chi connectivity index (χ4n) is 5.07. The Labute approximate surface area is 189 Å². The molecular formula is C28H28N4. The van der Waals surface area contributed by atoms with Gasteiger partial charge < -0.3 is 9.47 Å². The highest BCUT2D eigenvalue weighted by atomic mass is 15.1. The van der Waals surface area contributed by atoms with Gasteiger partial charge in [0, 0.05) is 24.3 Å². The van der Waals surface area contributed by atoms with Gasteiger partial charge in [0.05, 0.1) is 17.1 Å². The summed E-state index contributed by atoms with van der Waals surface area (Å²) in [5.41, 5.74) is 11.0. The molecule has 4 heteroatoms. The lowest BCUT2D eigenvalue weighted by Gasteiger charge is -2.24. The number of aryl methyl sites for hydroxylation is 5. The van der Waals surface area contributed by atoms with Gasteiger partial charge in [-0.2, -0.15) is 5.26 Å². The van der Waals surface area contributed by atoms with Crippen LogP contribution in [0.2, 0.25) is 0 Å². The predicted molar refractivity (Wildman–Crippen MR) is 131 cm³/mol. The molecule has 0 N–H and O–H groups in total. The number of imidazole rings is 1. The number of rotatable bonds is 4. The highest BCUT2D eigenvalue weighted by molar-refractivity contribution is 5.80. The second kappa shape index (κ2) is 8.16. The molecule has 160 valence electrons. The van der Waals surface area contributed by atoms with E-state index >= 15 is 0 Å². The van der Waals surface area contributed by atoms with Gasteiger partial charge in [0.2, 0.25) is 0 Å². The van der Waals surface area contributed by atoms with Gasteiger partial charge in [0.1, 0.15) is 12.4 Å². The van der Waals surface area contributed by atoms with Gasteiger partial charge in [-0.3, -0.25) is 0 Å². The highest BCUT2D eigenvalue weighted by Gasteiger charge is 2.21. The van der Waals surface area contributed by atoms with Gasteiger partial charge in [0.25, 0.3) is 0 Å². The Morgan fingerprint density at radius 2 is 1.75 bits per heavy atom. The quantitative estimate of drug-likeness (QED) is 0.379. The molecule has 1 aliphatic heterocycles. The summed E-state index contributed by atoms with van der Waals surface area (Å²) >= 11 is 0. The third kappa shape index (κ3) is 3.44. The van der Waals surface area contributed by atoms with E-state index in [1.54, 1.807) is 0 Å². The molecule has 5 rings (SSSR count). The molecule has 0 radical (unpaired) electrons. The van der Waals surface area contributed by atoms with Gasteiger partial charge >= 0.3 is 0 Å². The van der Waals surface area contributed by atoms with E-state index in [-0.39, 0.29) is 0 Å². The molecule has 0 saturated carbocycles. The number of nitriles is 1. The first-order chi connectivity index (χ1) is 15.6. The Bertz CT molecular complexity index is 1360. The molecule has 3 aromatic carbocycles. The second-order valence-electron chi connectivity index (χ2n) is 8.75. The maximum absolute atomic E-state index is 9.49. The minimum Gasteiger partial charge on any atom is -0.327 e. The van der Waals surface area contributed by atoms with E-state index in [2.05, 4.69) is 90.9 Å². The lowest BCUT2D eigenvalue weighted by Crippen LogP contribution is -2.18. The number of nitrogens with zero attached hydrogens (tertiary/aromatic N) is 4. The van der Waals surface area contributed by atoms with Crippen LogP contribution in [0.3, 0.4) is 0 Å². The fraction of sp³-hybridized carbons (Fsp3) is 0.286. The minimum absolute atomic E-state index is 0.355. The Morgan fingerprint density at radius 3 is 2.56 bits per heavy atom. The van der Waals surface area contributed by atoms with E-state index in [4.69, 9.17) is 4.98 Å². The van der Waals surface area contributed by atoms with Crippen LogP contribution in [0.5, 0.6) is 0 Å². The van der Waals surface area contributed by atoms with Crippen molar-refractivity contribution >= 4 is 22.4 Å². The summed E-state index contributed by atoms with van der Waals surface area (Å²) in [5.74, 6) is 1.13. The SMILES string of the molecule is CCc1nc2c(C)cc(C)cc2n1Cc1ccc2c(c1)CCc1ccccc1N2CC#N. The third-order valence-electron chi connectivity index (χ3n) is 6.53. The van der Waals surface area contributed by atoms with Crippen LogP contribution in [0.1, 0.15) is 40.6 Å². The number of hydrogen-bond donors (Lipinski definition) is 0. The van der Waals surface area contributed by atoms with Crippen LogP contribution in [0.15, 0.2) is 54.6 Å². The molecule has 1 aromatic heterocycles. The van der Waals surface area contributed by atoms with Crippen molar-refractivity contribution in [1.82, 2.24) is 9.55 Å². The van der Waals surface area contributed by atoms with Gasteiger partial charge in [-0.05, 0) is 72.7 Å². The minimum atomic E-state index is 0.355. The largest absolute Gasteiger partial charge is 0.327 e. The van der Waals surface area contributed by atoms with Gasteiger partial charge in [-0.15, -0.1) is 0 Å². The van der Waals surface area contributed by atoms with Crippen molar-refractivity contribution in [3.05, 3.63) is 88.2 Å². The number of benzene rings is 3. The topological polar surface area (TPSA) is 44.9 Å². The van der Waals surface area contributed by atoms with Crippen molar-refractivity contribution < 1.29 is 0 Å². The van der Waals surface area contributed by atoms with E-state index in [1.165, 1.54) is 33.3 Å². The van der Waals surface area contributed by atoms with E-state index in [9.17, 15) is 5.26 Å². The molecule has 4 aromatic rings. The van der Waals surface area contributed by atoms with Crippen molar-refractivity contribution in [1.29, 1.82) is 5.26 Å². The fourth-order valence-corrected chi connectivity index (χ4v) is 5.07. The van der Waals surface area contributed by atoms with Crippen LogP contribution in [-0.2, 0) is 25.8 Å². The monoisotopic (exact) mass is 420 g/mol. The van der Waals surface area contributed by atoms with Crippen LogP contribution < -0.4 is 4.90 Å². The molecule has 4 nitrogen and oxygen atoms in total. The van der Waals surface area contributed by atoms with Gasteiger partial charge in [-0.25, -0.2) is 4.98 Å². The molecule has 32 heavy (non-hydrogen) atoms. The maximum Gasteiger partial charge on any atom is 0.110 e. The molecule has 0 fully saturated rings. The molecule has 0 atom stereocenters. The molecule has 2 heterocycles. The van der Waals surface area contributed by atoms with Crippen LogP contribution >= 0.6 is 0 Å². The lowest BCUT2D eigenvalue weighted by molar-refractivity contribution is 0.751. The van der Waals surface area contributed by atoms with Crippen LogP contribution in [-0.4, -0.2) is 16.1 Å². The number of para-hydroxylation sites is 1.